The van der Waals surface area contributed by atoms with Gasteiger partial charge >= 0.3 is 12.1 Å². The Morgan fingerprint density at radius 2 is 1.77 bits per heavy atom. The van der Waals surface area contributed by atoms with Gasteiger partial charge in [0.05, 0.1) is 35.1 Å². The lowest BCUT2D eigenvalue weighted by atomic mass is 9.86. The van der Waals surface area contributed by atoms with Crippen LogP contribution in [0, 0.1) is 0 Å². The van der Waals surface area contributed by atoms with Gasteiger partial charge in [-0.25, -0.2) is 14.6 Å². The number of hydrogen-bond donors (Lipinski definition) is 1. The minimum Gasteiger partial charge on any atom is -0.458 e. The molecule has 298 valence electrons. The number of hydrogen-bond acceptors (Lipinski definition) is 11. The van der Waals surface area contributed by atoms with Gasteiger partial charge in [0.2, 0.25) is 0 Å². The molecule has 8 heterocycles. The SMILES string of the molecule is CCc1c2c(nc3ccc(OC(=O)N4CCC(N5CCCCC5)CC4)cc13)-c1cc3c(c(=O)n1C2)COC(=O)[C@]3(O)CC.c1ccc([C@H]2CN3CCSC3=N2)cc1. The van der Waals surface area contributed by atoms with Gasteiger partial charge < -0.3 is 33.8 Å². The number of cyclic esters (lactones) is 1. The van der Waals surface area contributed by atoms with Gasteiger partial charge in [0.1, 0.15) is 12.4 Å². The molecule has 6 aliphatic rings. The fourth-order valence-corrected chi connectivity index (χ4v) is 10.5. The third kappa shape index (κ3) is 6.91. The Labute approximate surface area is 336 Å². The summed E-state index contributed by atoms with van der Waals surface area (Å²) in [6.07, 6.45) is 6.26. The Hall–Kier alpha value is -4.72. The van der Waals surface area contributed by atoms with Gasteiger partial charge in [-0.2, -0.15) is 0 Å². The number of carbonyl (C=O) groups excluding carboxylic acids is 2. The Balaban J connectivity index is 0.000000252. The summed E-state index contributed by atoms with van der Waals surface area (Å²) >= 11 is 1.89. The van der Waals surface area contributed by atoms with Crippen molar-refractivity contribution in [1.82, 2.24) is 24.3 Å². The minimum atomic E-state index is -1.86. The molecule has 1 N–H and O–H groups in total. The fourth-order valence-electron chi connectivity index (χ4n) is 9.43. The number of pyridine rings is 2. The molecular formula is C44H50N6O6S. The van der Waals surface area contributed by atoms with Crippen LogP contribution in [0.3, 0.4) is 0 Å². The first kappa shape index (κ1) is 37.8. The van der Waals surface area contributed by atoms with Crippen LogP contribution in [0.4, 0.5) is 4.79 Å². The molecule has 0 saturated carbocycles. The van der Waals surface area contributed by atoms with Crippen LogP contribution in [0.1, 0.15) is 86.2 Å². The summed E-state index contributed by atoms with van der Waals surface area (Å²) < 4.78 is 12.7. The second-order valence-corrected chi connectivity index (χ2v) is 16.9. The molecule has 4 aromatic rings. The first-order valence-corrected chi connectivity index (χ1v) is 21.6. The minimum absolute atomic E-state index is 0.0951. The summed E-state index contributed by atoms with van der Waals surface area (Å²) in [6.45, 7) is 9.90. The highest BCUT2D eigenvalue weighted by atomic mass is 32.2. The van der Waals surface area contributed by atoms with Gasteiger partial charge in [-0.15, -0.1) is 0 Å². The van der Waals surface area contributed by atoms with E-state index in [2.05, 4.69) is 47.1 Å². The number of nitrogens with zero attached hydrogens (tertiary/aromatic N) is 6. The number of aliphatic imine (C=N–C) groups is 1. The molecule has 0 spiro atoms. The Morgan fingerprint density at radius 3 is 2.51 bits per heavy atom. The molecule has 0 radical (unpaired) electrons. The molecule has 2 atom stereocenters. The van der Waals surface area contributed by atoms with E-state index in [0.717, 1.165) is 41.4 Å². The van der Waals surface area contributed by atoms with E-state index in [1.807, 2.05) is 28.8 Å². The van der Waals surface area contributed by atoms with Crippen LogP contribution in [0.5, 0.6) is 5.75 Å². The highest BCUT2D eigenvalue weighted by Crippen LogP contribution is 2.41. The highest BCUT2D eigenvalue weighted by molar-refractivity contribution is 8.14. The van der Waals surface area contributed by atoms with Crippen LogP contribution in [0.25, 0.3) is 22.3 Å². The van der Waals surface area contributed by atoms with E-state index in [1.165, 1.54) is 55.4 Å². The number of thioether (sulfide) groups is 1. The third-order valence-corrected chi connectivity index (χ3v) is 13.7. The number of benzene rings is 2. The van der Waals surface area contributed by atoms with E-state index in [4.69, 9.17) is 19.5 Å². The Bertz CT molecular complexity index is 2300. The van der Waals surface area contributed by atoms with E-state index in [1.54, 1.807) is 23.6 Å². The number of esters is 1. The predicted molar refractivity (Wildman–Crippen MR) is 221 cm³/mol. The molecule has 0 unspecified atom stereocenters. The number of carbonyl (C=O) groups is 2. The lowest BCUT2D eigenvalue weighted by Gasteiger charge is -2.39. The first-order chi connectivity index (χ1) is 27.7. The molecule has 13 heteroatoms. The van der Waals surface area contributed by atoms with Crippen molar-refractivity contribution < 1.29 is 24.2 Å². The number of amides is 1. The third-order valence-electron chi connectivity index (χ3n) is 12.7. The lowest BCUT2D eigenvalue weighted by Crippen LogP contribution is -2.48. The standard InChI is InChI=1S/C33H38N4O6.C11H12N2S/c1-3-22-23-16-21(43-32(40)36-14-10-20(11-15-36)35-12-6-5-7-13-35)8-9-27(23)34-29-24(22)18-37-28(29)17-26-25(30(37)38)19-42-31(39)33(26,41)4-2;1-2-4-9(5-3-1)10-8-13-6-7-14-11(13)12-10/h8-9,16-17,20,41H,3-7,10-15,18-19H2,1-2H3;1-5,10H,6-8H2/t33-;10-/m01/s1. The van der Waals surface area contributed by atoms with Crippen LogP contribution < -0.4 is 10.3 Å². The number of amidine groups is 1. The van der Waals surface area contributed by atoms with Crippen molar-refractivity contribution in [3.63, 3.8) is 0 Å². The second kappa shape index (κ2) is 15.6. The van der Waals surface area contributed by atoms with E-state index < -0.39 is 11.6 Å². The number of fused-ring (bicyclic) bond motifs is 6. The normalized spacial score (nSPS) is 22.9. The van der Waals surface area contributed by atoms with Crippen molar-refractivity contribution in [2.75, 3.05) is 45.0 Å². The van der Waals surface area contributed by atoms with Crippen molar-refractivity contribution in [3.05, 3.63) is 92.8 Å². The maximum atomic E-state index is 13.6. The van der Waals surface area contributed by atoms with E-state index in [0.29, 0.717) is 66.4 Å². The molecule has 2 aromatic carbocycles. The molecule has 2 aromatic heterocycles. The van der Waals surface area contributed by atoms with Crippen molar-refractivity contribution in [3.8, 4) is 17.1 Å². The van der Waals surface area contributed by atoms with Crippen LogP contribution in [-0.2, 0) is 34.7 Å². The van der Waals surface area contributed by atoms with Crippen molar-refractivity contribution >= 4 is 39.9 Å². The summed E-state index contributed by atoms with van der Waals surface area (Å²) in [5.74, 6) is 0.943. The number of rotatable bonds is 5. The first-order valence-electron chi connectivity index (χ1n) is 20.6. The fraction of sp³-hybridized carbons (Fsp3) is 0.477. The summed E-state index contributed by atoms with van der Waals surface area (Å²) in [7, 11) is 0. The van der Waals surface area contributed by atoms with Gasteiger partial charge in [0, 0.05) is 54.5 Å². The van der Waals surface area contributed by atoms with Gasteiger partial charge in [-0.05, 0) is 87.0 Å². The molecule has 10 rings (SSSR count). The van der Waals surface area contributed by atoms with Gasteiger partial charge in [0.25, 0.3) is 5.56 Å². The maximum absolute atomic E-state index is 13.6. The zero-order chi connectivity index (χ0) is 39.3. The van der Waals surface area contributed by atoms with Gasteiger partial charge in [0.15, 0.2) is 10.8 Å². The van der Waals surface area contributed by atoms with Crippen molar-refractivity contribution in [2.24, 2.45) is 4.99 Å². The van der Waals surface area contributed by atoms with Gasteiger partial charge in [-0.3, -0.25) is 9.79 Å². The number of aryl methyl sites for hydroxylation is 1. The number of likely N-dealkylation sites (tertiary alicyclic amines) is 2. The summed E-state index contributed by atoms with van der Waals surface area (Å²) in [4.78, 5) is 55.7. The average Bonchev–Trinajstić information content (AvgIpc) is 3.97. The number of aromatic nitrogens is 2. The molecule has 57 heavy (non-hydrogen) atoms. The second-order valence-electron chi connectivity index (χ2n) is 15.9. The Morgan fingerprint density at radius 1 is 0.982 bits per heavy atom. The number of aliphatic hydroxyl groups is 1. The lowest BCUT2D eigenvalue weighted by molar-refractivity contribution is -0.172. The quantitative estimate of drug-likeness (QED) is 0.205. The van der Waals surface area contributed by atoms with Crippen molar-refractivity contribution in [1.29, 1.82) is 0 Å². The van der Waals surface area contributed by atoms with Crippen LogP contribution in [0.2, 0.25) is 0 Å². The Kier molecular flexibility index (Phi) is 10.3. The smallest absolute Gasteiger partial charge is 0.415 e. The zero-order valence-corrected chi connectivity index (χ0v) is 33.6. The van der Waals surface area contributed by atoms with Crippen LogP contribution >= 0.6 is 11.8 Å². The summed E-state index contributed by atoms with van der Waals surface area (Å²) in [6, 6.07) is 18.7. The maximum Gasteiger partial charge on any atom is 0.415 e. The molecule has 12 nitrogen and oxygen atoms in total. The van der Waals surface area contributed by atoms with E-state index >= 15 is 0 Å². The average molecular weight is 791 g/mol. The molecule has 3 saturated heterocycles. The molecule has 6 aliphatic heterocycles. The zero-order valence-electron chi connectivity index (χ0n) is 32.7. The van der Waals surface area contributed by atoms with Crippen LogP contribution in [0.15, 0.2) is 64.4 Å². The molecule has 3 fully saturated rings. The molecule has 1 amide bonds. The highest BCUT2D eigenvalue weighted by Gasteiger charge is 2.45. The van der Waals surface area contributed by atoms with Crippen molar-refractivity contribution in [2.45, 2.75) is 89.6 Å². The van der Waals surface area contributed by atoms with Crippen LogP contribution in [-0.4, -0.2) is 97.7 Å². The summed E-state index contributed by atoms with van der Waals surface area (Å²) in [5.41, 5.74) is 3.73. The van der Waals surface area contributed by atoms with E-state index in [9.17, 15) is 19.5 Å². The van der Waals surface area contributed by atoms with E-state index in [-0.39, 0.29) is 24.7 Å². The summed E-state index contributed by atoms with van der Waals surface area (Å²) in [5, 5.41) is 13.3. The molecule has 0 aliphatic carbocycles. The largest absolute Gasteiger partial charge is 0.458 e. The molecule has 0 bridgehead atoms. The predicted octanol–water partition coefficient (Wildman–Crippen LogP) is 6.24. The number of ether oxygens (including phenoxy) is 2. The topological polar surface area (TPSA) is 130 Å². The monoisotopic (exact) mass is 790 g/mol. The number of piperidine rings is 2. The molecular weight excluding hydrogens is 741 g/mol. The van der Waals surface area contributed by atoms with Gasteiger partial charge in [-0.1, -0.05) is 62.4 Å².